The SMILES string of the molecule is CS(=O)(=O)N1CCCc2cc(C(=O)NC(C(=O)N3CCOCC3)c3ccccc3)ccc21. The van der Waals surface area contributed by atoms with Gasteiger partial charge in [0.15, 0.2) is 0 Å². The van der Waals surface area contributed by atoms with Crippen LogP contribution in [-0.2, 0) is 26.0 Å². The van der Waals surface area contributed by atoms with Crippen LogP contribution in [0.5, 0.6) is 0 Å². The summed E-state index contributed by atoms with van der Waals surface area (Å²) in [5.41, 5.74) is 2.53. The number of ether oxygens (including phenoxy) is 1. The monoisotopic (exact) mass is 457 g/mol. The predicted molar refractivity (Wildman–Crippen MR) is 121 cm³/mol. The number of anilines is 1. The molecule has 0 radical (unpaired) electrons. The molecule has 0 bridgehead atoms. The molecule has 32 heavy (non-hydrogen) atoms. The maximum Gasteiger partial charge on any atom is 0.252 e. The van der Waals surface area contributed by atoms with Crippen molar-refractivity contribution in [2.45, 2.75) is 18.9 Å². The first-order valence-corrected chi connectivity index (χ1v) is 12.5. The number of amides is 2. The van der Waals surface area contributed by atoms with Gasteiger partial charge >= 0.3 is 0 Å². The predicted octanol–water partition coefficient (Wildman–Crippen LogP) is 1.73. The lowest BCUT2D eigenvalue weighted by molar-refractivity contribution is -0.137. The maximum atomic E-state index is 13.2. The summed E-state index contributed by atoms with van der Waals surface area (Å²) in [5.74, 6) is -0.547. The quantitative estimate of drug-likeness (QED) is 0.738. The third-order valence-corrected chi connectivity index (χ3v) is 6.98. The number of sulfonamides is 1. The van der Waals surface area contributed by atoms with Gasteiger partial charge < -0.3 is 15.0 Å². The zero-order chi connectivity index (χ0) is 22.7. The Bertz CT molecular complexity index is 1100. The second-order valence-electron chi connectivity index (χ2n) is 8.04. The molecule has 170 valence electrons. The highest BCUT2D eigenvalue weighted by Gasteiger charge is 2.30. The Morgan fingerprint density at radius 2 is 1.75 bits per heavy atom. The van der Waals surface area contributed by atoms with Crippen molar-refractivity contribution in [2.24, 2.45) is 0 Å². The minimum atomic E-state index is -3.38. The van der Waals surface area contributed by atoms with Gasteiger partial charge in [-0.25, -0.2) is 8.42 Å². The van der Waals surface area contributed by atoms with Crippen LogP contribution in [0.25, 0.3) is 0 Å². The second kappa shape index (κ2) is 9.30. The molecule has 1 atom stereocenters. The summed E-state index contributed by atoms with van der Waals surface area (Å²) < 4.78 is 30.9. The molecule has 2 aliphatic rings. The summed E-state index contributed by atoms with van der Waals surface area (Å²) in [6, 6.07) is 13.4. The number of hydrogen-bond donors (Lipinski definition) is 1. The highest BCUT2D eigenvalue weighted by Crippen LogP contribution is 2.30. The van der Waals surface area contributed by atoms with E-state index in [-0.39, 0.29) is 11.8 Å². The smallest absolute Gasteiger partial charge is 0.252 e. The number of aryl methyl sites for hydroxylation is 1. The molecule has 1 unspecified atom stereocenters. The third-order valence-electron chi connectivity index (χ3n) is 5.80. The van der Waals surface area contributed by atoms with Crippen molar-refractivity contribution in [2.75, 3.05) is 43.4 Å². The summed E-state index contributed by atoms with van der Waals surface area (Å²) in [7, 11) is -3.38. The van der Waals surface area contributed by atoms with Crippen LogP contribution in [0.2, 0.25) is 0 Å². The van der Waals surface area contributed by atoms with E-state index in [1.807, 2.05) is 30.3 Å². The molecule has 2 aromatic rings. The molecule has 0 aliphatic carbocycles. The van der Waals surface area contributed by atoms with E-state index in [4.69, 9.17) is 4.74 Å². The van der Waals surface area contributed by atoms with Gasteiger partial charge in [-0.3, -0.25) is 13.9 Å². The molecule has 0 spiro atoms. The Balaban J connectivity index is 1.59. The van der Waals surface area contributed by atoms with Crippen molar-refractivity contribution < 1.29 is 22.7 Å². The first kappa shape index (κ1) is 22.3. The summed E-state index contributed by atoms with van der Waals surface area (Å²) >= 11 is 0. The average molecular weight is 458 g/mol. The van der Waals surface area contributed by atoms with Crippen molar-refractivity contribution in [3.63, 3.8) is 0 Å². The summed E-state index contributed by atoms with van der Waals surface area (Å²) in [5, 5.41) is 2.89. The minimum Gasteiger partial charge on any atom is -0.378 e. The fraction of sp³-hybridized carbons (Fsp3) is 0.391. The standard InChI is InChI=1S/C23H27N3O5S/c1-32(29,30)26-11-5-8-18-16-19(9-10-20(18)26)22(27)24-21(17-6-3-2-4-7-17)23(28)25-12-14-31-15-13-25/h2-4,6-7,9-10,16,21H,5,8,11-15H2,1H3,(H,24,27). The molecule has 4 rings (SSSR count). The summed E-state index contributed by atoms with van der Waals surface area (Å²) in [4.78, 5) is 28.1. The first-order valence-electron chi connectivity index (χ1n) is 10.7. The molecular weight excluding hydrogens is 430 g/mol. The van der Waals surface area contributed by atoms with E-state index in [2.05, 4.69) is 5.32 Å². The average Bonchev–Trinajstić information content (AvgIpc) is 2.81. The molecule has 1 N–H and O–H groups in total. The van der Waals surface area contributed by atoms with Crippen molar-refractivity contribution in [3.05, 3.63) is 65.2 Å². The van der Waals surface area contributed by atoms with Gasteiger partial charge in [0.25, 0.3) is 5.91 Å². The number of benzene rings is 2. The fourth-order valence-corrected chi connectivity index (χ4v) is 5.16. The van der Waals surface area contributed by atoms with Crippen molar-refractivity contribution in [1.29, 1.82) is 0 Å². The van der Waals surface area contributed by atoms with Crippen molar-refractivity contribution in [1.82, 2.24) is 10.2 Å². The number of nitrogens with zero attached hydrogens (tertiary/aromatic N) is 2. The second-order valence-corrected chi connectivity index (χ2v) is 9.94. The Labute approximate surface area is 188 Å². The van der Waals surface area contributed by atoms with Crippen LogP contribution in [0.15, 0.2) is 48.5 Å². The van der Waals surface area contributed by atoms with Gasteiger partial charge in [-0.2, -0.15) is 0 Å². The van der Waals surface area contributed by atoms with E-state index in [0.29, 0.717) is 62.5 Å². The summed E-state index contributed by atoms with van der Waals surface area (Å²) in [6.07, 6.45) is 2.56. The Kier molecular flexibility index (Phi) is 6.48. The van der Waals surface area contributed by atoms with Gasteiger partial charge in [0.05, 0.1) is 25.2 Å². The van der Waals surface area contributed by atoms with Crippen LogP contribution in [0.1, 0.15) is 33.9 Å². The lowest BCUT2D eigenvalue weighted by Crippen LogP contribution is -2.47. The molecule has 1 saturated heterocycles. The van der Waals surface area contributed by atoms with Crippen LogP contribution in [0.3, 0.4) is 0 Å². The van der Waals surface area contributed by atoms with Crippen molar-refractivity contribution >= 4 is 27.5 Å². The molecule has 1 fully saturated rings. The van der Waals surface area contributed by atoms with E-state index < -0.39 is 16.1 Å². The zero-order valence-electron chi connectivity index (χ0n) is 18.0. The van der Waals surface area contributed by atoms with Gasteiger partial charge in [0, 0.05) is 25.2 Å². The van der Waals surface area contributed by atoms with Crippen LogP contribution < -0.4 is 9.62 Å². The molecular formula is C23H27N3O5S. The number of nitrogens with one attached hydrogen (secondary N) is 1. The van der Waals surface area contributed by atoms with E-state index >= 15 is 0 Å². The van der Waals surface area contributed by atoms with E-state index in [1.54, 1.807) is 23.1 Å². The number of hydrogen-bond acceptors (Lipinski definition) is 5. The van der Waals surface area contributed by atoms with Crippen LogP contribution in [0, 0.1) is 0 Å². The van der Waals surface area contributed by atoms with Gasteiger partial charge in [0.2, 0.25) is 15.9 Å². The number of rotatable bonds is 5. The first-order chi connectivity index (χ1) is 15.3. The van der Waals surface area contributed by atoms with E-state index in [1.165, 1.54) is 10.6 Å². The number of carbonyl (C=O) groups is 2. The van der Waals surface area contributed by atoms with Gasteiger partial charge in [0.1, 0.15) is 6.04 Å². The van der Waals surface area contributed by atoms with E-state index in [0.717, 1.165) is 5.56 Å². The maximum absolute atomic E-state index is 13.2. The molecule has 0 saturated carbocycles. The van der Waals surface area contributed by atoms with E-state index in [9.17, 15) is 18.0 Å². The van der Waals surface area contributed by atoms with Crippen LogP contribution >= 0.6 is 0 Å². The Morgan fingerprint density at radius 3 is 2.44 bits per heavy atom. The normalized spacial score (nSPS) is 17.4. The molecule has 2 aromatic carbocycles. The fourth-order valence-electron chi connectivity index (χ4n) is 4.16. The molecule has 2 aliphatic heterocycles. The topological polar surface area (TPSA) is 96.0 Å². The highest BCUT2D eigenvalue weighted by molar-refractivity contribution is 7.92. The molecule has 2 amide bonds. The van der Waals surface area contributed by atoms with Gasteiger partial charge in [-0.15, -0.1) is 0 Å². The molecule has 8 nitrogen and oxygen atoms in total. The Morgan fingerprint density at radius 1 is 1.03 bits per heavy atom. The third kappa shape index (κ3) is 4.78. The lowest BCUT2D eigenvalue weighted by Gasteiger charge is -2.31. The van der Waals surface area contributed by atoms with Crippen LogP contribution in [-0.4, -0.2) is 64.2 Å². The summed E-state index contributed by atoms with van der Waals surface area (Å²) in [6.45, 7) is 2.35. The highest BCUT2D eigenvalue weighted by atomic mass is 32.2. The zero-order valence-corrected chi connectivity index (χ0v) is 18.8. The van der Waals surface area contributed by atoms with Crippen LogP contribution in [0.4, 0.5) is 5.69 Å². The van der Waals surface area contributed by atoms with Gasteiger partial charge in [-0.1, -0.05) is 30.3 Å². The molecule has 2 heterocycles. The number of carbonyl (C=O) groups excluding carboxylic acids is 2. The number of fused-ring (bicyclic) bond motifs is 1. The number of morpholine rings is 1. The van der Waals surface area contributed by atoms with Crippen molar-refractivity contribution in [3.8, 4) is 0 Å². The molecule has 0 aromatic heterocycles. The minimum absolute atomic E-state index is 0.172. The largest absolute Gasteiger partial charge is 0.378 e. The van der Waals surface area contributed by atoms with Gasteiger partial charge in [-0.05, 0) is 42.2 Å². The molecule has 9 heteroatoms. The Hall–Kier alpha value is -2.91. The lowest BCUT2D eigenvalue weighted by atomic mass is 9.99.